The maximum atomic E-state index is 12.4. The number of fused-ring (bicyclic) bond motifs is 1. The Morgan fingerprint density at radius 3 is 2.41 bits per heavy atom. The molecule has 27 heavy (non-hydrogen) atoms. The second-order valence-electron chi connectivity index (χ2n) is 5.58. The lowest BCUT2D eigenvalue weighted by molar-refractivity contribution is -0.153. The summed E-state index contributed by atoms with van der Waals surface area (Å²) in [6.45, 7) is -1.48. The maximum Gasteiger partial charge on any atom is 0.422 e. The van der Waals surface area contributed by atoms with Gasteiger partial charge in [-0.25, -0.2) is 18.4 Å². The second-order valence-corrected chi connectivity index (χ2v) is 7.60. The van der Waals surface area contributed by atoms with E-state index in [9.17, 15) is 21.6 Å². The number of aromatic nitrogens is 2. The number of nitrogens with zero attached hydrogens (tertiary/aromatic N) is 2. The van der Waals surface area contributed by atoms with Crippen LogP contribution in [-0.2, 0) is 9.84 Å². The Kier molecular flexibility index (Phi) is 4.92. The molecule has 0 saturated carbocycles. The molecule has 0 unspecified atom stereocenters. The summed E-state index contributed by atoms with van der Waals surface area (Å²) in [6, 6.07) is 10.0. The Bertz CT molecular complexity index is 1080. The minimum absolute atomic E-state index is 0.00596. The number of sulfone groups is 1. The Morgan fingerprint density at radius 2 is 1.74 bits per heavy atom. The molecule has 0 saturated heterocycles. The van der Waals surface area contributed by atoms with Crippen LogP contribution >= 0.6 is 0 Å². The minimum Gasteiger partial charge on any atom is -0.480 e. The van der Waals surface area contributed by atoms with E-state index in [2.05, 4.69) is 9.97 Å². The van der Waals surface area contributed by atoms with Crippen LogP contribution in [0, 0.1) is 0 Å². The smallest absolute Gasteiger partial charge is 0.422 e. The van der Waals surface area contributed by atoms with E-state index in [1.165, 1.54) is 42.7 Å². The van der Waals surface area contributed by atoms with Crippen LogP contribution < -0.4 is 9.47 Å². The third-order valence-electron chi connectivity index (χ3n) is 3.45. The zero-order valence-corrected chi connectivity index (χ0v) is 14.7. The van der Waals surface area contributed by atoms with Crippen LogP contribution in [0.4, 0.5) is 13.2 Å². The number of halogens is 3. The van der Waals surface area contributed by atoms with Crippen molar-refractivity contribution in [3.8, 4) is 17.4 Å². The summed E-state index contributed by atoms with van der Waals surface area (Å²) in [5.41, 5.74) is 0.418. The number of benzene rings is 2. The SMILES string of the molecule is CS(=O)(=O)c1ccc2ncnc(Oc3ccccc3OCC(F)(F)F)c2c1. The van der Waals surface area contributed by atoms with Crippen LogP contribution in [0.15, 0.2) is 53.7 Å². The largest absolute Gasteiger partial charge is 0.480 e. The highest BCUT2D eigenvalue weighted by Crippen LogP contribution is 2.34. The van der Waals surface area contributed by atoms with Crippen molar-refractivity contribution in [2.45, 2.75) is 11.1 Å². The molecule has 0 fully saturated rings. The van der Waals surface area contributed by atoms with Crippen molar-refractivity contribution in [2.75, 3.05) is 12.9 Å². The summed E-state index contributed by atoms with van der Waals surface area (Å²) in [4.78, 5) is 8.04. The molecular weight excluding hydrogens is 385 g/mol. The van der Waals surface area contributed by atoms with Crippen LogP contribution in [0.5, 0.6) is 17.4 Å². The Labute approximate surface area is 152 Å². The molecule has 0 aliphatic rings. The van der Waals surface area contributed by atoms with Gasteiger partial charge in [-0.3, -0.25) is 0 Å². The molecule has 1 aromatic heterocycles. The van der Waals surface area contributed by atoms with Gasteiger partial charge in [0, 0.05) is 6.26 Å². The first-order valence-corrected chi connectivity index (χ1v) is 9.44. The molecular formula is C17H13F3N2O4S. The van der Waals surface area contributed by atoms with Crippen molar-refractivity contribution in [1.29, 1.82) is 0 Å². The number of hydrogen-bond donors (Lipinski definition) is 0. The van der Waals surface area contributed by atoms with Crippen LogP contribution in [-0.4, -0.2) is 37.4 Å². The highest BCUT2D eigenvalue weighted by Gasteiger charge is 2.29. The molecule has 0 spiro atoms. The van der Waals surface area contributed by atoms with Gasteiger partial charge in [0.25, 0.3) is 0 Å². The molecule has 0 radical (unpaired) electrons. The van der Waals surface area contributed by atoms with E-state index in [0.717, 1.165) is 6.26 Å². The third-order valence-corrected chi connectivity index (χ3v) is 4.56. The van der Waals surface area contributed by atoms with Crippen LogP contribution in [0.1, 0.15) is 0 Å². The molecule has 0 N–H and O–H groups in total. The van der Waals surface area contributed by atoms with Crippen molar-refractivity contribution in [1.82, 2.24) is 9.97 Å². The van der Waals surface area contributed by atoms with E-state index in [1.807, 2.05) is 0 Å². The number of alkyl halides is 3. The standard InChI is InChI=1S/C17H13F3N2O4S/c1-27(23,24)11-6-7-13-12(8-11)16(22-10-21-13)26-15-5-3-2-4-14(15)25-9-17(18,19)20/h2-8,10H,9H2,1H3. The van der Waals surface area contributed by atoms with Gasteiger partial charge in [-0.05, 0) is 30.3 Å². The Hall–Kier alpha value is -2.88. The summed E-state index contributed by atoms with van der Waals surface area (Å²) < 4.78 is 71.2. The average molecular weight is 398 g/mol. The predicted molar refractivity (Wildman–Crippen MR) is 90.7 cm³/mol. The fourth-order valence-electron chi connectivity index (χ4n) is 2.24. The Morgan fingerprint density at radius 1 is 1.04 bits per heavy atom. The number of ether oxygens (including phenoxy) is 2. The van der Waals surface area contributed by atoms with Crippen LogP contribution in [0.2, 0.25) is 0 Å². The maximum absolute atomic E-state index is 12.4. The number of hydrogen-bond acceptors (Lipinski definition) is 6. The number of rotatable bonds is 5. The lowest BCUT2D eigenvalue weighted by atomic mass is 10.2. The highest BCUT2D eigenvalue weighted by molar-refractivity contribution is 7.90. The predicted octanol–water partition coefficient (Wildman–Crippen LogP) is 3.77. The van der Waals surface area contributed by atoms with E-state index in [1.54, 1.807) is 6.07 Å². The van der Waals surface area contributed by atoms with Gasteiger partial charge in [-0.1, -0.05) is 12.1 Å². The molecule has 3 aromatic rings. The lowest BCUT2D eigenvalue weighted by Gasteiger charge is -2.14. The first kappa shape index (κ1) is 18.9. The topological polar surface area (TPSA) is 78.4 Å². The van der Waals surface area contributed by atoms with Gasteiger partial charge in [0.1, 0.15) is 6.33 Å². The molecule has 142 valence electrons. The van der Waals surface area contributed by atoms with Crippen molar-refractivity contribution < 1.29 is 31.1 Å². The molecule has 2 aromatic carbocycles. The summed E-state index contributed by atoms with van der Waals surface area (Å²) in [6.07, 6.45) is -2.24. The zero-order chi connectivity index (χ0) is 19.7. The van der Waals surface area contributed by atoms with Gasteiger partial charge >= 0.3 is 6.18 Å². The summed E-state index contributed by atoms with van der Waals surface area (Å²) in [5.74, 6) is -0.124. The van der Waals surface area contributed by atoms with E-state index in [0.29, 0.717) is 10.9 Å². The van der Waals surface area contributed by atoms with E-state index in [-0.39, 0.29) is 22.3 Å². The van der Waals surface area contributed by atoms with Gasteiger partial charge in [-0.15, -0.1) is 0 Å². The first-order chi connectivity index (χ1) is 12.6. The van der Waals surface area contributed by atoms with Gasteiger partial charge < -0.3 is 9.47 Å². The van der Waals surface area contributed by atoms with Gasteiger partial charge in [0.15, 0.2) is 27.9 Å². The summed E-state index contributed by atoms with van der Waals surface area (Å²) in [7, 11) is -3.48. The van der Waals surface area contributed by atoms with Crippen molar-refractivity contribution in [3.63, 3.8) is 0 Å². The zero-order valence-electron chi connectivity index (χ0n) is 13.9. The Balaban J connectivity index is 2.00. The molecule has 0 bridgehead atoms. The molecule has 0 amide bonds. The van der Waals surface area contributed by atoms with Gasteiger partial charge in [-0.2, -0.15) is 13.2 Å². The van der Waals surface area contributed by atoms with Crippen LogP contribution in [0.3, 0.4) is 0 Å². The fourth-order valence-corrected chi connectivity index (χ4v) is 2.89. The molecule has 10 heteroatoms. The van der Waals surface area contributed by atoms with Crippen molar-refractivity contribution >= 4 is 20.7 Å². The molecule has 1 heterocycles. The second kappa shape index (κ2) is 7.03. The van der Waals surface area contributed by atoms with E-state index in [4.69, 9.17) is 9.47 Å². The third kappa shape index (κ3) is 4.64. The highest BCUT2D eigenvalue weighted by atomic mass is 32.2. The average Bonchev–Trinajstić information content (AvgIpc) is 2.59. The fraction of sp³-hybridized carbons (Fsp3) is 0.176. The normalized spacial score (nSPS) is 12.1. The minimum atomic E-state index is -4.50. The van der Waals surface area contributed by atoms with E-state index < -0.39 is 22.6 Å². The number of para-hydroxylation sites is 2. The molecule has 3 rings (SSSR count). The molecule has 0 aliphatic heterocycles. The van der Waals surface area contributed by atoms with Crippen LogP contribution in [0.25, 0.3) is 10.9 Å². The molecule has 6 nitrogen and oxygen atoms in total. The first-order valence-electron chi connectivity index (χ1n) is 7.55. The van der Waals surface area contributed by atoms with Crippen molar-refractivity contribution in [3.05, 3.63) is 48.8 Å². The molecule has 0 atom stereocenters. The van der Waals surface area contributed by atoms with Gasteiger partial charge in [0.2, 0.25) is 5.88 Å². The molecule has 0 aliphatic carbocycles. The van der Waals surface area contributed by atoms with E-state index >= 15 is 0 Å². The van der Waals surface area contributed by atoms with Gasteiger partial charge in [0.05, 0.1) is 15.8 Å². The monoisotopic (exact) mass is 398 g/mol. The quantitative estimate of drug-likeness (QED) is 0.651. The summed E-state index contributed by atoms with van der Waals surface area (Å²) >= 11 is 0. The summed E-state index contributed by atoms with van der Waals surface area (Å²) in [5, 5.41) is 0.297. The van der Waals surface area contributed by atoms with Crippen molar-refractivity contribution in [2.24, 2.45) is 0 Å². The lowest BCUT2D eigenvalue weighted by Crippen LogP contribution is -2.19.